The minimum atomic E-state index is 0. The van der Waals surface area contributed by atoms with Crippen LogP contribution in [0.1, 0.15) is 24.7 Å². The van der Waals surface area contributed by atoms with Crippen LogP contribution in [0.25, 0.3) is 11.5 Å². The van der Waals surface area contributed by atoms with Crippen molar-refractivity contribution in [2.24, 2.45) is 5.92 Å². The normalized spacial score (nSPS) is 20.5. The van der Waals surface area contributed by atoms with Gasteiger partial charge in [0, 0.05) is 32.6 Å². The third-order valence-corrected chi connectivity index (χ3v) is 5.00. The minimum Gasteiger partial charge on any atom is -0.334 e. The van der Waals surface area contributed by atoms with Crippen LogP contribution in [-0.2, 0) is 4.79 Å². The number of para-hydroxylation sites is 1. The molecule has 26 heavy (non-hydrogen) atoms. The van der Waals surface area contributed by atoms with E-state index in [1.54, 1.807) is 4.90 Å². The highest BCUT2D eigenvalue weighted by molar-refractivity contribution is 5.98. The van der Waals surface area contributed by atoms with Gasteiger partial charge in [0.05, 0.1) is 17.3 Å². The van der Waals surface area contributed by atoms with Gasteiger partial charge in [0.2, 0.25) is 5.91 Å². The summed E-state index contributed by atoms with van der Waals surface area (Å²) in [6.45, 7) is 2.72. The van der Waals surface area contributed by atoms with Crippen molar-refractivity contribution in [3.05, 3.63) is 30.1 Å². The molecular weight excluding hydrogens is 354 g/mol. The highest BCUT2D eigenvalue weighted by Crippen LogP contribution is 2.35. The van der Waals surface area contributed by atoms with Gasteiger partial charge in [0.1, 0.15) is 0 Å². The maximum atomic E-state index is 12.4. The number of nitrogens with zero attached hydrogens (tertiary/aromatic N) is 4. The third kappa shape index (κ3) is 3.60. The number of nitrogens with one attached hydrogen (secondary N) is 1. The summed E-state index contributed by atoms with van der Waals surface area (Å²) in [6.07, 6.45) is 1.97. The number of piperazine rings is 1. The molecule has 1 aromatic heterocycles. The number of halogens is 1. The SMILES string of the molecule is CN(C(=O)C1CC1)c1ccccc1-c1nc(C2CNCCN2C)no1.Cl. The van der Waals surface area contributed by atoms with Crippen LogP contribution in [0.5, 0.6) is 0 Å². The summed E-state index contributed by atoms with van der Waals surface area (Å²) in [5.41, 5.74) is 1.61. The first-order valence-corrected chi connectivity index (χ1v) is 8.76. The molecule has 8 heteroatoms. The Balaban J connectivity index is 0.00000196. The first kappa shape index (κ1) is 18.8. The number of hydrogen-bond acceptors (Lipinski definition) is 6. The lowest BCUT2D eigenvalue weighted by atomic mass is 10.1. The molecule has 0 radical (unpaired) electrons. The number of benzene rings is 1. The lowest BCUT2D eigenvalue weighted by Gasteiger charge is -2.30. The third-order valence-electron chi connectivity index (χ3n) is 5.00. The van der Waals surface area contributed by atoms with E-state index in [9.17, 15) is 4.79 Å². The molecule has 1 aromatic carbocycles. The second-order valence-electron chi connectivity index (χ2n) is 6.85. The van der Waals surface area contributed by atoms with Gasteiger partial charge in [-0.05, 0) is 32.0 Å². The molecule has 7 nitrogen and oxygen atoms in total. The van der Waals surface area contributed by atoms with Crippen LogP contribution in [0.2, 0.25) is 0 Å². The Kier molecular flexibility index (Phi) is 5.60. The quantitative estimate of drug-likeness (QED) is 0.879. The second-order valence-corrected chi connectivity index (χ2v) is 6.85. The van der Waals surface area contributed by atoms with Crippen molar-refractivity contribution >= 4 is 24.0 Å². The summed E-state index contributed by atoms with van der Waals surface area (Å²) in [4.78, 5) is 21.0. The van der Waals surface area contributed by atoms with Crippen LogP contribution in [0.15, 0.2) is 28.8 Å². The van der Waals surface area contributed by atoms with Crippen LogP contribution >= 0.6 is 12.4 Å². The van der Waals surface area contributed by atoms with Gasteiger partial charge in [-0.3, -0.25) is 9.69 Å². The van der Waals surface area contributed by atoms with Crippen LogP contribution in [0.4, 0.5) is 5.69 Å². The van der Waals surface area contributed by atoms with E-state index in [0.29, 0.717) is 11.7 Å². The van der Waals surface area contributed by atoms with Gasteiger partial charge in [0.15, 0.2) is 5.82 Å². The molecule has 2 aliphatic rings. The molecule has 1 saturated heterocycles. The molecule has 1 amide bonds. The van der Waals surface area contributed by atoms with E-state index in [-0.39, 0.29) is 30.3 Å². The Hall–Kier alpha value is -1.96. The molecule has 1 aliphatic carbocycles. The van der Waals surface area contributed by atoms with Gasteiger partial charge in [-0.1, -0.05) is 17.3 Å². The molecule has 0 spiro atoms. The number of amides is 1. The van der Waals surface area contributed by atoms with Gasteiger partial charge in [-0.25, -0.2) is 0 Å². The Bertz CT molecular complexity index is 776. The predicted molar refractivity (Wildman–Crippen MR) is 101 cm³/mol. The number of carbonyl (C=O) groups is 1. The summed E-state index contributed by atoms with van der Waals surface area (Å²) < 4.78 is 5.55. The Labute approximate surface area is 159 Å². The van der Waals surface area contributed by atoms with Crippen LogP contribution < -0.4 is 10.2 Å². The highest BCUT2D eigenvalue weighted by atomic mass is 35.5. The average Bonchev–Trinajstić information content (AvgIpc) is 3.38. The fourth-order valence-electron chi connectivity index (χ4n) is 3.24. The zero-order valence-electron chi connectivity index (χ0n) is 15.0. The van der Waals surface area contributed by atoms with E-state index in [1.807, 2.05) is 31.3 Å². The van der Waals surface area contributed by atoms with Gasteiger partial charge in [0.25, 0.3) is 5.89 Å². The lowest BCUT2D eigenvalue weighted by Crippen LogP contribution is -2.44. The first-order valence-electron chi connectivity index (χ1n) is 8.76. The monoisotopic (exact) mass is 377 g/mol. The van der Waals surface area contributed by atoms with E-state index in [1.165, 1.54) is 0 Å². The Morgan fingerprint density at radius 3 is 2.85 bits per heavy atom. The van der Waals surface area contributed by atoms with Crippen molar-refractivity contribution in [2.45, 2.75) is 18.9 Å². The average molecular weight is 378 g/mol. The second kappa shape index (κ2) is 7.73. The number of anilines is 1. The Morgan fingerprint density at radius 2 is 2.12 bits per heavy atom. The zero-order valence-corrected chi connectivity index (χ0v) is 15.8. The maximum absolute atomic E-state index is 12.4. The predicted octanol–water partition coefficient (Wildman–Crippen LogP) is 2.11. The van der Waals surface area contributed by atoms with E-state index >= 15 is 0 Å². The van der Waals surface area contributed by atoms with Crippen LogP contribution in [-0.4, -0.2) is 54.7 Å². The molecule has 4 rings (SSSR count). The molecule has 1 N–H and O–H groups in total. The molecule has 140 valence electrons. The van der Waals surface area contributed by atoms with Crippen molar-refractivity contribution in [2.75, 3.05) is 38.6 Å². The number of carbonyl (C=O) groups excluding carboxylic acids is 1. The molecule has 2 aromatic rings. The van der Waals surface area contributed by atoms with E-state index < -0.39 is 0 Å². The number of rotatable bonds is 4. The lowest BCUT2D eigenvalue weighted by molar-refractivity contribution is -0.119. The fraction of sp³-hybridized carbons (Fsp3) is 0.500. The number of hydrogen-bond donors (Lipinski definition) is 1. The minimum absolute atomic E-state index is 0. The summed E-state index contributed by atoms with van der Waals surface area (Å²) in [5.74, 6) is 1.46. The molecule has 0 bridgehead atoms. The standard InChI is InChI=1S/C18H23N5O2.ClH/c1-22-10-9-19-11-15(22)16-20-17(25-21-16)13-5-3-4-6-14(13)23(2)18(24)12-7-8-12;/h3-6,12,15,19H,7-11H2,1-2H3;1H. The molecule has 1 atom stereocenters. The van der Waals surface area contributed by atoms with Crippen molar-refractivity contribution < 1.29 is 9.32 Å². The van der Waals surface area contributed by atoms with Gasteiger partial charge in [-0.15, -0.1) is 12.4 Å². The van der Waals surface area contributed by atoms with Crippen LogP contribution in [0.3, 0.4) is 0 Å². The van der Waals surface area contributed by atoms with Crippen molar-refractivity contribution in [3.8, 4) is 11.5 Å². The topological polar surface area (TPSA) is 74.5 Å². The van der Waals surface area contributed by atoms with Crippen LogP contribution in [0, 0.1) is 5.92 Å². The molecule has 1 aliphatic heterocycles. The van der Waals surface area contributed by atoms with E-state index in [4.69, 9.17) is 4.52 Å². The van der Waals surface area contributed by atoms with Crippen molar-refractivity contribution in [1.82, 2.24) is 20.4 Å². The Morgan fingerprint density at radius 1 is 1.35 bits per heavy atom. The smallest absolute Gasteiger partial charge is 0.260 e. The van der Waals surface area contributed by atoms with Crippen molar-refractivity contribution in [3.63, 3.8) is 0 Å². The molecular formula is C18H24ClN5O2. The zero-order chi connectivity index (χ0) is 17.4. The van der Waals surface area contributed by atoms with E-state index in [0.717, 1.165) is 43.7 Å². The summed E-state index contributed by atoms with van der Waals surface area (Å²) in [7, 11) is 3.88. The first-order chi connectivity index (χ1) is 12.1. The van der Waals surface area contributed by atoms with Gasteiger partial charge in [-0.2, -0.15) is 4.98 Å². The summed E-state index contributed by atoms with van der Waals surface area (Å²) in [5, 5.41) is 7.55. The fourth-order valence-corrected chi connectivity index (χ4v) is 3.24. The molecule has 1 saturated carbocycles. The number of aromatic nitrogens is 2. The van der Waals surface area contributed by atoms with Crippen molar-refractivity contribution in [1.29, 1.82) is 0 Å². The molecule has 2 fully saturated rings. The largest absolute Gasteiger partial charge is 0.334 e. The van der Waals surface area contributed by atoms with Gasteiger partial charge >= 0.3 is 0 Å². The summed E-state index contributed by atoms with van der Waals surface area (Å²) >= 11 is 0. The number of likely N-dealkylation sites (N-methyl/N-ethyl adjacent to an activating group) is 1. The summed E-state index contributed by atoms with van der Waals surface area (Å²) in [6, 6.07) is 7.79. The van der Waals surface area contributed by atoms with Gasteiger partial charge < -0.3 is 14.7 Å². The maximum Gasteiger partial charge on any atom is 0.260 e. The highest BCUT2D eigenvalue weighted by Gasteiger charge is 2.33. The molecule has 1 unspecified atom stereocenters. The van der Waals surface area contributed by atoms with E-state index in [2.05, 4.69) is 27.4 Å². The molecule has 2 heterocycles.